The van der Waals surface area contributed by atoms with Crippen LogP contribution < -0.4 is 0 Å². The molecule has 1 aliphatic carbocycles. The second-order valence-corrected chi connectivity index (χ2v) is 13.4. The van der Waals surface area contributed by atoms with Gasteiger partial charge in [-0.15, -0.1) is 11.3 Å². The molecule has 0 aliphatic heterocycles. The third-order valence-corrected chi connectivity index (χ3v) is 10.9. The molecule has 48 heavy (non-hydrogen) atoms. The lowest BCUT2D eigenvalue weighted by molar-refractivity contribution is 0.670. The Morgan fingerprint density at radius 2 is 1.12 bits per heavy atom. The molecule has 11 rings (SSSR count). The molecule has 0 saturated carbocycles. The van der Waals surface area contributed by atoms with Gasteiger partial charge in [-0.1, -0.05) is 115 Å². The first kappa shape index (κ1) is 26.0. The minimum absolute atomic E-state index is 0.624. The van der Waals surface area contributed by atoms with Crippen molar-refractivity contribution in [1.29, 1.82) is 0 Å². The zero-order valence-electron chi connectivity index (χ0n) is 25.4. The molecule has 7 aromatic carbocycles. The molecular weight excluding hydrogens is 607 g/mol. The van der Waals surface area contributed by atoms with Crippen LogP contribution in [0.25, 0.3) is 109 Å². The van der Waals surface area contributed by atoms with E-state index in [2.05, 4.69) is 109 Å². The number of para-hydroxylation sites is 1. The highest BCUT2D eigenvalue weighted by molar-refractivity contribution is 7.26. The van der Waals surface area contributed by atoms with Crippen LogP contribution >= 0.6 is 11.3 Å². The van der Waals surface area contributed by atoms with Crippen LogP contribution in [0.4, 0.5) is 0 Å². The zero-order valence-corrected chi connectivity index (χ0v) is 26.3. The SMILES string of the molecule is c1ccc(-c2nc(-c3cccc4c3sc3ccccc34)nc(-c3cc4c(c5oc6ccccc6c35)-c3cccc5cccc-4c35)n2)cc1. The molecule has 0 bridgehead atoms. The monoisotopic (exact) mass is 629 g/mol. The Balaban J connectivity index is 1.26. The summed E-state index contributed by atoms with van der Waals surface area (Å²) in [6.07, 6.45) is 0. The lowest BCUT2D eigenvalue weighted by atomic mass is 9.95. The van der Waals surface area contributed by atoms with Gasteiger partial charge in [-0.3, -0.25) is 0 Å². The number of rotatable bonds is 3. The Labute approximate surface area is 278 Å². The van der Waals surface area contributed by atoms with Crippen LogP contribution in [-0.2, 0) is 0 Å². The summed E-state index contributed by atoms with van der Waals surface area (Å²) < 4.78 is 9.19. The molecular formula is C43H23N3OS. The molecule has 5 heteroatoms. The Morgan fingerprint density at radius 3 is 2.00 bits per heavy atom. The molecule has 0 radical (unpaired) electrons. The van der Waals surface area contributed by atoms with Crippen LogP contribution in [0.15, 0.2) is 144 Å². The molecule has 10 aromatic rings. The topological polar surface area (TPSA) is 51.8 Å². The van der Waals surface area contributed by atoms with E-state index in [-0.39, 0.29) is 0 Å². The molecule has 0 amide bonds. The van der Waals surface area contributed by atoms with Crippen LogP contribution in [0, 0.1) is 0 Å². The van der Waals surface area contributed by atoms with Crippen LogP contribution in [0.1, 0.15) is 0 Å². The van der Waals surface area contributed by atoms with Crippen molar-refractivity contribution in [2.45, 2.75) is 0 Å². The fraction of sp³-hybridized carbons (Fsp3) is 0. The summed E-state index contributed by atoms with van der Waals surface area (Å²) in [5.41, 5.74) is 9.25. The van der Waals surface area contributed by atoms with E-state index in [1.165, 1.54) is 42.1 Å². The predicted octanol–water partition coefficient (Wildman–Crippen LogP) is 11.9. The van der Waals surface area contributed by atoms with Gasteiger partial charge in [-0.2, -0.15) is 0 Å². The first-order chi connectivity index (χ1) is 23.8. The summed E-state index contributed by atoms with van der Waals surface area (Å²) in [7, 11) is 0. The largest absolute Gasteiger partial charge is 0.455 e. The van der Waals surface area contributed by atoms with Crippen molar-refractivity contribution in [3.8, 4) is 56.4 Å². The smallest absolute Gasteiger partial charge is 0.165 e. The Hall–Kier alpha value is -6.17. The Kier molecular flexibility index (Phi) is 5.23. The number of benzene rings is 7. The fourth-order valence-electron chi connectivity index (χ4n) is 7.59. The number of hydrogen-bond acceptors (Lipinski definition) is 5. The normalized spacial score (nSPS) is 12.2. The van der Waals surface area contributed by atoms with Gasteiger partial charge in [0.1, 0.15) is 11.2 Å². The third-order valence-electron chi connectivity index (χ3n) is 9.67. The molecule has 222 valence electrons. The molecule has 0 fully saturated rings. The average molecular weight is 630 g/mol. The van der Waals surface area contributed by atoms with Crippen molar-refractivity contribution in [3.05, 3.63) is 140 Å². The number of aromatic nitrogens is 3. The fourth-order valence-corrected chi connectivity index (χ4v) is 8.80. The number of hydrogen-bond donors (Lipinski definition) is 0. The minimum Gasteiger partial charge on any atom is -0.455 e. The summed E-state index contributed by atoms with van der Waals surface area (Å²) in [5.74, 6) is 1.92. The van der Waals surface area contributed by atoms with E-state index in [1.54, 1.807) is 11.3 Å². The summed E-state index contributed by atoms with van der Waals surface area (Å²) in [4.78, 5) is 15.7. The highest BCUT2D eigenvalue weighted by Crippen LogP contribution is 2.54. The van der Waals surface area contributed by atoms with Gasteiger partial charge in [0.05, 0.1) is 0 Å². The maximum atomic E-state index is 6.77. The van der Waals surface area contributed by atoms with Gasteiger partial charge >= 0.3 is 0 Å². The molecule has 0 atom stereocenters. The zero-order chi connectivity index (χ0) is 31.3. The van der Waals surface area contributed by atoms with Crippen LogP contribution in [0.2, 0.25) is 0 Å². The molecule has 4 nitrogen and oxygen atoms in total. The van der Waals surface area contributed by atoms with Gasteiger partial charge in [0.25, 0.3) is 0 Å². The van der Waals surface area contributed by atoms with Crippen LogP contribution in [-0.4, -0.2) is 15.0 Å². The lowest BCUT2D eigenvalue weighted by Crippen LogP contribution is -2.01. The van der Waals surface area contributed by atoms with Crippen molar-refractivity contribution >= 4 is 64.2 Å². The quantitative estimate of drug-likeness (QED) is 0.195. The first-order valence-electron chi connectivity index (χ1n) is 16.0. The molecule has 0 unspecified atom stereocenters. The molecule has 0 saturated heterocycles. The number of fused-ring (bicyclic) bond motifs is 10. The Morgan fingerprint density at radius 1 is 0.458 bits per heavy atom. The minimum atomic E-state index is 0.624. The second kappa shape index (κ2) is 9.67. The van der Waals surface area contributed by atoms with E-state index >= 15 is 0 Å². The van der Waals surface area contributed by atoms with E-state index in [0.29, 0.717) is 17.5 Å². The summed E-state index contributed by atoms with van der Waals surface area (Å²) in [5, 5.41) is 7.00. The van der Waals surface area contributed by atoms with E-state index in [4.69, 9.17) is 19.4 Å². The maximum Gasteiger partial charge on any atom is 0.165 e. The highest BCUT2D eigenvalue weighted by Gasteiger charge is 2.29. The number of nitrogens with zero attached hydrogens (tertiary/aromatic N) is 3. The summed E-state index contributed by atoms with van der Waals surface area (Å²) >= 11 is 1.78. The van der Waals surface area contributed by atoms with Gasteiger partial charge in [0.2, 0.25) is 0 Å². The van der Waals surface area contributed by atoms with Gasteiger partial charge in [-0.25, -0.2) is 15.0 Å². The first-order valence-corrected chi connectivity index (χ1v) is 16.8. The van der Waals surface area contributed by atoms with Crippen LogP contribution in [0.5, 0.6) is 0 Å². The van der Waals surface area contributed by atoms with Gasteiger partial charge in [0.15, 0.2) is 17.5 Å². The van der Waals surface area contributed by atoms with Crippen molar-refractivity contribution in [1.82, 2.24) is 15.0 Å². The van der Waals surface area contributed by atoms with Gasteiger partial charge in [0, 0.05) is 53.2 Å². The van der Waals surface area contributed by atoms with Crippen molar-refractivity contribution in [2.75, 3.05) is 0 Å². The van der Waals surface area contributed by atoms with E-state index < -0.39 is 0 Å². The van der Waals surface area contributed by atoms with Crippen molar-refractivity contribution in [2.24, 2.45) is 0 Å². The van der Waals surface area contributed by atoms with E-state index in [0.717, 1.165) is 49.8 Å². The molecule has 0 N–H and O–H groups in total. The number of furan rings is 1. The maximum absolute atomic E-state index is 6.77. The number of thiophene rings is 1. The molecule has 3 aromatic heterocycles. The van der Waals surface area contributed by atoms with Crippen LogP contribution in [0.3, 0.4) is 0 Å². The van der Waals surface area contributed by atoms with Crippen molar-refractivity contribution in [3.63, 3.8) is 0 Å². The average Bonchev–Trinajstić information content (AvgIpc) is 3.82. The lowest BCUT2D eigenvalue weighted by Gasteiger charge is -2.12. The predicted molar refractivity (Wildman–Crippen MR) is 198 cm³/mol. The Bertz CT molecular complexity index is 2950. The van der Waals surface area contributed by atoms with E-state index in [1.807, 2.05) is 30.3 Å². The molecule has 3 heterocycles. The summed E-state index contributed by atoms with van der Waals surface area (Å²) in [6, 6.07) is 48.8. The van der Waals surface area contributed by atoms with Gasteiger partial charge in [-0.05, 0) is 51.7 Å². The molecule has 1 aliphatic rings. The summed E-state index contributed by atoms with van der Waals surface area (Å²) in [6.45, 7) is 0. The molecule has 0 spiro atoms. The van der Waals surface area contributed by atoms with Crippen molar-refractivity contribution < 1.29 is 4.42 Å². The highest BCUT2D eigenvalue weighted by atomic mass is 32.1. The standard InChI is InChI=1S/C43H23N3OS/c1-2-11-25(12-3-1)41-44-42(31-20-10-18-28-26-15-5-7-22-35(26)48-40(28)31)46-43(45-41)33-23-32-27-17-8-13-24-14-9-19-30(36(24)27)38(32)39-37(33)29-16-4-6-21-34(29)47-39/h1-23H. The van der Waals surface area contributed by atoms with E-state index in [9.17, 15) is 0 Å². The third kappa shape index (κ3) is 3.56. The second-order valence-electron chi connectivity index (χ2n) is 12.3. The van der Waals surface area contributed by atoms with Gasteiger partial charge < -0.3 is 4.42 Å².